The average Bonchev–Trinajstić information content (AvgIpc) is 2.77. The molecule has 1 aliphatic rings. The van der Waals surface area contributed by atoms with E-state index in [0.717, 1.165) is 41.1 Å². The minimum atomic E-state index is -3.27. The van der Waals surface area contributed by atoms with E-state index in [1.807, 2.05) is 13.8 Å². The summed E-state index contributed by atoms with van der Waals surface area (Å²) in [6.07, 6.45) is 6.22. The molecule has 0 amide bonds. The molecule has 0 aromatic rings. The number of ether oxygens (including phenoxy) is 1. The van der Waals surface area contributed by atoms with Crippen molar-refractivity contribution in [2.45, 2.75) is 59.8 Å². The first kappa shape index (κ1) is 23.3. The van der Waals surface area contributed by atoms with Gasteiger partial charge in [-0.3, -0.25) is 0 Å². The summed E-state index contributed by atoms with van der Waals surface area (Å²) < 4.78 is 15.9. The van der Waals surface area contributed by atoms with E-state index in [-0.39, 0.29) is 17.6 Å². The predicted molar refractivity (Wildman–Crippen MR) is 102 cm³/mol. The van der Waals surface area contributed by atoms with Crippen LogP contribution in [0.15, 0.2) is 11.6 Å². The van der Waals surface area contributed by atoms with Crippen molar-refractivity contribution in [2.75, 3.05) is 12.4 Å². The van der Waals surface area contributed by atoms with E-state index in [1.54, 1.807) is 0 Å². The van der Waals surface area contributed by atoms with Crippen molar-refractivity contribution in [1.82, 2.24) is 0 Å². The van der Waals surface area contributed by atoms with Crippen LogP contribution in [0.2, 0.25) is 0 Å². The summed E-state index contributed by atoms with van der Waals surface area (Å²) in [6, 6.07) is 0. The summed E-state index contributed by atoms with van der Waals surface area (Å²) in [5.74, 6) is -1.05. The van der Waals surface area contributed by atoms with Crippen molar-refractivity contribution in [2.24, 2.45) is 11.8 Å². The van der Waals surface area contributed by atoms with Gasteiger partial charge in [0.15, 0.2) is 0 Å². The van der Waals surface area contributed by atoms with Crippen molar-refractivity contribution in [1.29, 1.82) is 0 Å². The Morgan fingerprint density at radius 3 is 2.58 bits per heavy atom. The molecule has 0 aromatic heterocycles. The maximum absolute atomic E-state index is 12.2. The van der Waals surface area contributed by atoms with Gasteiger partial charge in [0.2, 0.25) is 0 Å². The van der Waals surface area contributed by atoms with Gasteiger partial charge in [0.25, 0.3) is 0 Å². The number of carbonyl (C=O) groups is 3. The summed E-state index contributed by atoms with van der Waals surface area (Å²) in [7, 11) is 1.13. The molecule has 1 radical (unpaired) electrons. The average molecular weight is 492 g/mol. The number of esters is 1. The van der Waals surface area contributed by atoms with E-state index in [4.69, 9.17) is 10.9 Å². The van der Waals surface area contributed by atoms with Gasteiger partial charge in [-0.15, -0.1) is 0 Å². The summed E-state index contributed by atoms with van der Waals surface area (Å²) in [5, 5.41) is 0. The standard InChI is InChI=1S/C10H20O2S.C8H12O4.Sn/c1-3-5-6-9(4-2)7-12-10(11)8-13;1-3-5(2)6(8(11)12)4-7(9)10;/h9,13H,3-8H2,1-2H3;4-5H,3H2,1-2H3,(H,9,10)(H,11,12);/q;;+3/p-3. The number of hydrogen-bond acceptors (Lipinski definition) is 7. The molecule has 26 heavy (non-hydrogen) atoms. The maximum atomic E-state index is 12.2. The number of unbranched alkanes of at least 4 members (excludes halogenated alkanes) is 1. The molecule has 147 valence electrons. The Bertz CT molecular complexity index is 522. The van der Waals surface area contributed by atoms with Crippen molar-refractivity contribution in [3.8, 4) is 0 Å². The molecule has 1 heterocycles. The van der Waals surface area contributed by atoms with Gasteiger partial charge in [-0.05, 0) is 0 Å². The van der Waals surface area contributed by atoms with E-state index < -0.39 is 31.1 Å². The molecular formula is C18H29O6SSn. The quantitative estimate of drug-likeness (QED) is 0.323. The molecule has 0 aliphatic carbocycles. The summed E-state index contributed by atoms with van der Waals surface area (Å²) in [4.78, 5) is 36.0. The zero-order valence-corrected chi connectivity index (χ0v) is 19.7. The molecule has 2 unspecified atom stereocenters. The Morgan fingerprint density at radius 1 is 1.23 bits per heavy atom. The minimum absolute atomic E-state index is 0.0399. The first-order valence-corrected chi connectivity index (χ1v) is 16.0. The third kappa shape index (κ3) is 8.33. The van der Waals surface area contributed by atoms with Gasteiger partial charge in [-0.2, -0.15) is 0 Å². The van der Waals surface area contributed by atoms with E-state index in [9.17, 15) is 14.4 Å². The number of rotatable bonds is 11. The Morgan fingerprint density at radius 2 is 1.96 bits per heavy atom. The monoisotopic (exact) mass is 493 g/mol. The second-order valence-corrected chi connectivity index (χ2v) is 14.2. The van der Waals surface area contributed by atoms with Gasteiger partial charge in [0.05, 0.1) is 0 Å². The predicted octanol–water partition coefficient (Wildman–Crippen LogP) is 3.54. The Balaban J connectivity index is 2.44. The molecule has 0 saturated carbocycles. The topological polar surface area (TPSA) is 78.9 Å². The Kier molecular flexibility index (Phi) is 11.3. The van der Waals surface area contributed by atoms with Crippen LogP contribution in [-0.4, -0.2) is 49.5 Å². The fourth-order valence-electron chi connectivity index (χ4n) is 2.34. The van der Waals surface area contributed by atoms with Gasteiger partial charge < -0.3 is 0 Å². The third-order valence-corrected chi connectivity index (χ3v) is 11.4. The molecule has 0 saturated heterocycles. The molecule has 0 bridgehead atoms. The van der Waals surface area contributed by atoms with Crippen LogP contribution in [-0.2, 0) is 25.3 Å². The van der Waals surface area contributed by atoms with Gasteiger partial charge in [-0.25, -0.2) is 0 Å². The molecule has 1 aliphatic heterocycles. The summed E-state index contributed by atoms with van der Waals surface area (Å²) in [6.45, 7) is 8.43. The van der Waals surface area contributed by atoms with Crippen molar-refractivity contribution in [3.05, 3.63) is 11.6 Å². The molecule has 0 aromatic carbocycles. The SMILES string of the molecule is CCCCC(CC)COC(=O)C[S][Sn]1[O]C(=O)C=C(C(C)CC)C(=O)[O]1. The molecular weight excluding hydrogens is 463 g/mol. The van der Waals surface area contributed by atoms with Crippen LogP contribution >= 0.6 is 8.95 Å². The van der Waals surface area contributed by atoms with Gasteiger partial charge in [0, 0.05) is 0 Å². The zero-order chi connectivity index (χ0) is 19.5. The van der Waals surface area contributed by atoms with Gasteiger partial charge in [-0.1, -0.05) is 0 Å². The van der Waals surface area contributed by atoms with E-state index >= 15 is 0 Å². The van der Waals surface area contributed by atoms with Gasteiger partial charge in [0.1, 0.15) is 0 Å². The van der Waals surface area contributed by atoms with E-state index in [1.165, 1.54) is 6.08 Å². The Hall–Kier alpha value is -0.701. The molecule has 0 N–H and O–H groups in total. The first-order valence-electron chi connectivity index (χ1n) is 9.22. The molecule has 1 rings (SSSR count). The summed E-state index contributed by atoms with van der Waals surface area (Å²) in [5.41, 5.74) is 0.345. The second kappa shape index (κ2) is 12.6. The van der Waals surface area contributed by atoms with Crippen molar-refractivity contribution in [3.63, 3.8) is 0 Å². The van der Waals surface area contributed by atoms with Crippen LogP contribution in [0, 0.1) is 11.8 Å². The van der Waals surface area contributed by atoms with Crippen molar-refractivity contribution >= 4 is 46.1 Å². The molecule has 6 nitrogen and oxygen atoms in total. The van der Waals surface area contributed by atoms with E-state index in [0.29, 0.717) is 18.1 Å². The molecule has 0 spiro atoms. The fourth-order valence-corrected chi connectivity index (χ4v) is 8.39. The molecule has 0 fully saturated rings. The zero-order valence-electron chi connectivity index (χ0n) is 16.0. The van der Waals surface area contributed by atoms with Crippen LogP contribution in [0.5, 0.6) is 0 Å². The molecule has 2 atom stereocenters. The van der Waals surface area contributed by atoms with Gasteiger partial charge >= 0.3 is 167 Å². The van der Waals surface area contributed by atoms with Crippen molar-refractivity contribution < 1.29 is 25.3 Å². The normalized spacial score (nSPS) is 17.6. The number of carbonyl (C=O) groups excluding carboxylic acids is 3. The summed E-state index contributed by atoms with van der Waals surface area (Å²) >= 11 is -3.27. The third-order valence-electron chi connectivity index (χ3n) is 4.34. The number of hydrogen-bond donors (Lipinski definition) is 0. The first-order chi connectivity index (χ1) is 12.4. The molecule has 8 heteroatoms. The van der Waals surface area contributed by atoms with Crippen LogP contribution in [0.4, 0.5) is 0 Å². The van der Waals surface area contributed by atoms with Crippen LogP contribution < -0.4 is 0 Å². The fraction of sp³-hybridized carbons (Fsp3) is 0.722. The second-order valence-electron chi connectivity index (χ2n) is 6.36. The Labute approximate surface area is 166 Å². The van der Waals surface area contributed by atoms with Crippen LogP contribution in [0.25, 0.3) is 0 Å². The van der Waals surface area contributed by atoms with Crippen LogP contribution in [0.3, 0.4) is 0 Å². The van der Waals surface area contributed by atoms with Crippen LogP contribution in [0.1, 0.15) is 59.8 Å². The van der Waals surface area contributed by atoms with E-state index in [2.05, 4.69) is 13.8 Å².